The number of halogens is 2. The van der Waals surface area contributed by atoms with Gasteiger partial charge in [0, 0.05) is 24.7 Å². The van der Waals surface area contributed by atoms with Crippen LogP contribution in [-0.2, 0) is 13.1 Å². The molecule has 2 fully saturated rings. The summed E-state index contributed by atoms with van der Waals surface area (Å²) in [7, 11) is 0. The van der Waals surface area contributed by atoms with Crippen molar-refractivity contribution in [2.45, 2.75) is 45.2 Å². The molecule has 0 spiro atoms. The first-order valence-electron chi connectivity index (χ1n) is 11.8. The predicted molar refractivity (Wildman–Crippen MR) is 128 cm³/mol. The Morgan fingerprint density at radius 3 is 2.44 bits per heavy atom. The fraction of sp³-hybridized carbons (Fsp3) is 0.500. The number of rotatable bonds is 8. The molecule has 170 valence electrons. The van der Waals surface area contributed by atoms with Crippen molar-refractivity contribution in [1.82, 2.24) is 9.80 Å². The van der Waals surface area contributed by atoms with Crippen LogP contribution in [0.15, 0.2) is 36.4 Å². The van der Waals surface area contributed by atoms with Gasteiger partial charge in [-0.2, -0.15) is 0 Å². The van der Waals surface area contributed by atoms with Gasteiger partial charge in [0.1, 0.15) is 5.75 Å². The van der Waals surface area contributed by atoms with Gasteiger partial charge in [0.25, 0.3) is 5.91 Å². The average molecular weight is 473 g/mol. The number of fused-ring (bicyclic) bond motifs is 1. The molecule has 5 rings (SSSR count). The van der Waals surface area contributed by atoms with Crippen LogP contribution >= 0.6 is 23.2 Å². The van der Waals surface area contributed by atoms with Crippen LogP contribution in [0.2, 0.25) is 10.0 Å². The Kier molecular flexibility index (Phi) is 6.64. The third-order valence-electron chi connectivity index (χ3n) is 6.99. The van der Waals surface area contributed by atoms with Gasteiger partial charge in [0.05, 0.1) is 17.2 Å². The Morgan fingerprint density at radius 1 is 0.969 bits per heavy atom. The van der Waals surface area contributed by atoms with Crippen LogP contribution in [0.3, 0.4) is 0 Å². The molecule has 0 atom stereocenters. The Morgan fingerprint density at radius 2 is 1.72 bits per heavy atom. The second-order valence-corrected chi connectivity index (χ2v) is 10.4. The van der Waals surface area contributed by atoms with Gasteiger partial charge in [0.15, 0.2) is 0 Å². The van der Waals surface area contributed by atoms with Gasteiger partial charge < -0.3 is 9.64 Å². The summed E-state index contributed by atoms with van der Waals surface area (Å²) in [5.74, 6) is 2.40. The quantitative estimate of drug-likeness (QED) is 0.469. The molecular formula is C26H30Cl2N2O2. The number of hydrogen-bond acceptors (Lipinski definition) is 3. The molecule has 2 heterocycles. The second kappa shape index (κ2) is 9.62. The van der Waals surface area contributed by atoms with Crippen molar-refractivity contribution in [3.8, 4) is 5.75 Å². The largest absolute Gasteiger partial charge is 0.494 e. The summed E-state index contributed by atoms with van der Waals surface area (Å²) in [5.41, 5.74) is 3.06. The molecule has 0 aromatic heterocycles. The number of ether oxygens (including phenoxy) is 1. The number of hydrogen-bond donors (Lipinski definition) is 0. The van der Waals surface area contributed by atoms with E-state index >= 15 is 0 Å². The van der Waals surface area contributed by atoms with Gasteiger partial charge >= 0.3 is 0 Å². The van der Waals surface area contributed by atoms with Gasteiger partial charge in [-0.05, 0) is 98.5 Å². The molecule has 0 radical (unpaired) electrons. The summed E-state index contributed by atoms with van der Waals surface area (Å²) in [4.78, 5) is 17.2. The molecule has 1 saturated heterocycles. The van der Waals surface area contributed by atoms with E-state index in [-0.39, 0.29) is 5.91 Å². The number of carbonyl (C=O) groups excluding carboxylic acids is 1. The molecule has 6 heteroatoms. The Labute approximate surface area is 200 Å². The lowest BCUT2D eigenvalue weighted by atomic mass is 9.93. The minimum absolute atomic E-state index is 0.116. The molecule has 32 heavy (non-hydrogen) atoms. The number of piperidine rings is 1. The lowest BCUT2D eigenvalue weighted by molar-refractivity contribution is 0.0771. The number of benzene rings is 2. The maximum absolute atomic E-state index is 12.7. The predicted octanol–water partition coefficient (Wildman–Crippen LogP) is 6.04. The van der Waals surface area contributed by atoms with Crippen LogP contribution in [0.5, 0.6) is 5.75 Å². The Bertz CT molecular complexity index is 967. The van der Waals surface area contributed by atoms with E-state index in [1.54, 1.807) is 0 Å². The highest BCUT2D eigenvalue weighted by Crippen LogP contribution is 2.36. The number of likely N-dealkylation sites (tertiary alicyclic amines) is 1. The summed E-state index contributed by atoms with van der Waals surface area (Å²) in [6.07, 6.45) is 5.97. The van der Waals surface area contributed by atoms with Gasteiger partial charge in [-0.1, -0.05) is 29.3 Å². The summed E-state index contributed by atoms with van der Waals surface area (Å²) in [6, 6.07) is 11.8. The van der Waals surface area contributed by atoms with Crippen LogP contribution in [0, 0.1) is 11.8 Å². The SMILES string of the molecule is O=C1c2c(Cl)cc(CN3CCC(CCOc4ccc(Cl)cc4)CC3)cc2CN1CC1CC1. The zero-order chi connectivity index (χ0) is 22.1. The van der Waals surface area contributed by atoms with Crippen LogP contribution in [-0.4, -0.2) is 41.9 Å². The first kappa shape index (κ1) is 22.1. The van der Waals surface area contributed by atoms with E-state index in [0.29, 0.717) is 23.4 Å². The minimum atomic E-state index is 0.116. The van der Waals surface area contributed by atoms with Crippen molar-refractivity contribution in [2.75, 3.05) is 26.2 Å². The summed E-state index contributed by atoms with van der Waals surface area (Å²) in [5, 5.41) is 1.35. The topological polar surface area (TPSA) is 32.8 Å². The standard InChI is InChI=1S/C26H30Cl2N2O2/c27-22-3-5-23(6-4-22)32-12-9-18-7-10-29(11-8-18)15-20-13-21-17-30(16-19-1-2-19)26(31)25(21)24(28)14-20/h3-6,13-14,18-19H,1-2,7-12,15-17H2. The molecule has 0 unspecified atom stereocenters. The van der Waals surface area contributed by atoms with Crippen molar-refractivity contribution in [3.63, 3.8) is 0 Å². The zero-order valence-corrected chi connectivity index (χ0v) is 19.9. The molecule has 1 saturated carbocycles. The maximum Gasteiger partial charge on any atom is 0.256 e. The molecule has 2 aromatic rings. The van der Waals surface area contributed by atoms with Crippen molar-refractivity contribution in [3.05, 3.63) is 63.1 Å². The molecule has 1 aliphatic carbocycles. The minimum Gasteiger partial charge on any atom is -0.494 e. The number of carbonyl (C=O) groups is 1. The van der Waals surface area contributed by atoms with Crippen molar-refractivity contribution >= 4 is 29.1 Å². The van der Waals surface area contributed by atoms with Crippen LogP contribution < -0.4 is 4.74 Å². The molecule has 4 nitrogen and oxygen atoms in total. The molecule has 3 aliphatic rings. The third kappa shape index (κ3) is 5.24. The molecule has 0 N–H and O–H groups in total. The molecule has 2 aliphatic heterocycles. The summed E-state index contributed by atoms with van der Waals surface area (Å²) < 4.78 is 5.87. The fourth-order valence-electron chi connectivity index (χ4n) is 4.94. The molecule has 2 aromatic carbocycles. The van der Waals surface area contributed by atoms with E-state index in [0.717, 1.165) is 61.1 Å². The smallest absolute Gasteiger partial charge is 0.256 e. The first-order chi connectivity index (χ1) is 15.5. The molecule has 1 amide bonds. The zero-order valence-electron chi connectivity index (χ0n) is 18.4. The average Bonchev–Trinajstić information content (AvgIpc) is 3.54. The van der Waals surface area contributed by atoms with E-state index in [1.807, 2.05) is 35.2 Å². The van der Waals surface area contributed by atoms with Crippen LogP contribution in [0.25, 0.3) is 0 Å². The van der Waals surface area contributed by atoms with Crippen molar-refractivity contribution in [2.24, 2.45) is 11.8 Å². The summed E-state index contributed by atoms with van der Waals surface area (Å²) in [6.45, 7) is 5.43. The van der Waals surface area contributed by atoms with Gasteiger partial charge in [-0.15, -0.1) is 0 Å². The van der Waals surface area contributed by atoms with E-state index in [9.17, 15) is 4.79 Å². The van der Waals surface area contributed by atoms with E-state index in [1.165, 1.54) is 31.2 Å². The highest BCUT2D eigenvalue weighted by Gasteiger charge is 2.34. The normalized spacial score (nSPS) is 19.4. The fourth-order valence-corrected chi connectivity index (χ4v) is 5.41. The number of nitrogens with zero attached hydrogens (tertiary/aromatic N) is 2. The maximum atomic E-state index is 12.7. The van der Waals surface area contributed by atoms with Crippen LogP contribution in [0.1, 0.15) is 53.6 Å². The van der Waals surface area contributed by atoms with E-state index in [4.69, 9.17) is 27.9 Å². The Hall–Kier alpha value is -1.75. The summed E-state index contributed by atoms with van der Waals surface area (Å²) >= 11 is 12.5. The third-order valence-corrected chi connectivity index (χ3v) is 7.54. The number of amides is 1. The molecular weight excluding hydrogens is 443 g/mol. The Balaban J connectivity index is 1.10. The second-order valence-electron chi connectivity index (χ2n) is 9.55. The monoisotopic (exact) mass is 472 g/mol. The molecule has 0 bridgehead atoms. The van der Waals surface area contributed by atoms with Gasteiger partial charge in [0.2, 0.25) is 0 Å². The van der Waals surface area contributed by atoms with Gasteiger partial charge in [-0.3, -0.25) is 9.69 Å². The van der Waals surface area contributed by atoms with Crippen LogP contribution in [0.4, 0.5) is 0 Å². The lowest BCUT2D eigenvalue weighted by Gasteiger charge is -2.32. The lowest BCUT2D eigenvalue weighted by Crippen LogP contribution is -2.33. The van der Waals surface area contributed by atoms with E-state index < -0.39 is 0 Å². The van der Waals surface area contributed by atoms with Crippen molar-refractivity contribution in [1.29, 1.82) is 0 Å². The van der Waals surface area contributed by atoms with Crippen molar-refractivity contribution < 1.29 is 9.53 Å². The highest BCUT2D eigenvalue weighted by molar-refractivity contribution is 6.34. The highest BCUT2D eigenvalue weighted by atomic mass is 35.5. The van der Waals surface area contributed by atoms with Gasteiger partial charge in [-0.25, -0.2) is 0 Å². The first-order valence-corrected chi connectivity index (χ1v) is 12.5. The van der Waals surface area contributed by atoms with E-state index in [2.05, 4.69) is 11.0 Å².